The van der Waals surface area contributed by atoms with Gasteiger partial charge in [-0.25, -0.2) is 9.78 Å². The van der Waals surface area contributed by atoms with Gasteiger partial charge in [0.15, 0.2) is 5.13 Å². The summed E-state index contributed by atoms with van der Waals surface area (Å²) in [6, 6.07) is 17.3. The number of benzene rings is 2. The second kappa shape index (κ2) is 7.24. The van der Waals surface area contributed by atoms with Gasteiger partial charge < -0.3 is 5.32 Å². The summed E-state index contributed by atoms with van der Waals surface area (Å²) in [4.78, 5) is 19.0. The Morgan fingerprint density at radius 3 is 2.61 bits per heavy atom. The molecule has 4 nitrogen and oxygen atoms in total. The second-order valence-electron chi connectivity index (χ2n) is 5.27. The Hall–Kier alpha value is -2.40. The summed E-state index contributed by atoms with van der Waals surface area (Å²) < 4.78 is 1.09. The molecule has 118 valence electrons. The minimum atomic E-state index is -0.135. The van der Waals surface area contributed by atoms with Crippen molar-refractivity contribution in [1.29, 1.82) is 0 Å². The lowest BCUT2D eigenvalue weighted by Crippen LogP contribution is -2.35. The SMILES string of the molecule is CCCCN(C(=O)Nc1ccccc1)c1nc2ccccc2s1. The van der Waals surface area contributed by atoms with Crippen LogP contribution in [-0.2, 0) is 0 Å². The molecule has 23 heavy (non-hydrogen) atoms. The number of para-hydroxylation sites is 2. The van der Waals surface area contributed by atoms with Crippen molar-refractivity contribution in [2.75, 3.05) is 16.8 Å². The predicted octanol–water partition coefficient (Wildman–Crippen LogP) is 5.13. The first kappa shape index (κ1) is 15.5. The number of amides is 2. The molecule has 0 bridgehead atoms. The summed E-state index contributed by atoms with van der Waals surface area (Å²) in [5, 5.41) is 3.69. The quantitative estimate of drug-likeness (QED) is 0.706. The third-order valence-electron chi connectivity index (χ3n) is 3.52. The Labute approximate surface area is 139 Å². The minimum Gasteiger partial charge on any atom is -0.307 e. The molecule has 0 atom stereocenters. The van der Waals surface area contributed by atoms with Gasteiger partial charge in [0.25, 0.3) is 0 Å². The van der Waals surface area contributed by atoms with E-state index in [1.807, 2.05) is 54.6 Å². The lowest BCUT2D eigenvalue weighted by atomic mass is 10.3. The average Bonchev–Trinajstić information content (AvgIpc) is 2.99. The molecule has 1 heterocycles. The van der Waals surface area contributed by atoms with Crippen molar-refractivity contribution in [3.05, 3.63) is 54.6 Å². The first-order chi connectivity index (χ1) is 11.3. The number of hydrogen-bond acceptors (Lipinski definition) is 3. The van der Waals surface area contributed by atoms with Crippen molar-refractivity contribution in [3.8, 4) is 0 Å². The number of anilines is 2. The van der Waals surface area contributed by atoms with Gasteiger partial charge in [-0.2, -0.15) is 0 Å². The van der Waals surface area contributed by atoms with E-state index in [1.54, 1.807) is 16.2 Å². The number of nitrogens with one attached hydrogen (secondary N) is 1. The van der Waals surface area contributed by atoms with Gasteiger partial charge in [-0.15, -0.1) is 0 Å². The van der Waals surface area contributed by atoms with Crippen LogP contribution in [0, 0.1) is 0 Å². The fraction of sp³-hybridized carbons (Fsp3) is 0.222. The molecular weight excluding hydrogens is 306 g/mol. The van der Waals surface area contributed by atoms with Crippen LogP contribution in [-0.4, -0.2) is 17.6 Å². The Bertz CT molecular complexity index is 752. The van der Waals surface area contributed by atoms with Crippen LogP contribution in [0.5, 0.6) is 0 Å². The van der Waals surface area contributed by atoms with Gasteiger partial charge in [0.1, 0.15) is 0 Å². The molecule has 0 aliphatic rings. The first-order valence-electron chi connectivity index (χ1n) is 7.77. The zero-order valence-corrected chi connectivity index (χ0v) is 13.8. The highest BCUT2D eigenvalue weighted by Crippen LogP contribution is 2.29. The van der Waals surface area contributed by atoms with Crippen molar-refractivity contribution in [1.82, 2.24) is 4.98 Å². The van der Waals surface area contributed by atoms with Crippen LogP contribution in [0.1, 0.15) is 19.8 Å². The summed E-state index contributed by atoms with van der Waals surface area (Å²) in [6.45, 7) is 2.78. The number of thiazole rings is 1. The molecule has 1 aromatic heterocycles. The number of unbranched alkanes of at least 4 members (excludes halogenated alkanes) is 1. The molecule has 0 aliphatic heterocycles. The van der Waals surface area contributed by atoms with Crippen LogP contribution in [0.25, 0.3) is 10.2 Å². The van der Waals surface area contributed by atoms with E-state index in [0.717, 1.165) is 33.9 Å². The van der Waals surface area contributed by atoms with Crippen LogP contribution in [0.3, 0.4) is 0 Å². The van der Waals surface area contributed by atoms with Crippen molar-refractivity contribution in [2.45, 2.75) is 19.8 Å². The molecule has 3 rings (SSSR count). The summed E-state index contributed by atoms with van der Waals surface area (Å²) in [6.07, 6.45) is 1.97. The van der Waals surface area contributed by atoms with Gasteiger partial charge in [0.05, 0.1) is 10.2 Å². The van der Waals surface area contributed by atoms with Crippen molar-refractivity contribution in [3.63, 3.8) is 0 Å². The number of urea groups is 1. The van der Waals surface area contributed by atoms with Crippen molar-refractivity contribution >= 4 is 38.4 Å². The lowest BCUT2D eigenvalue weighted by molar-refractivity contribution is 0.257. The van der Waals surface area contributed by atoms with Crippen LogP contribution in [0.15, 0.2) is 54.6 Å². The Morgan fingerprint density at radius 1 is 1.13 bits per heavy atom. The Kier molecular flexibility index (Phi) is 4.88. The fourth-order valence-corrected chi connectivity index (χ4v) is 3.28. The maximum Gasteiger partial charge on any atom is 0.328 e. The third kappa shape index (κ3) is 3.68. The van der Waals surface area contributed by atoms with E-state index in [4.69, 9.17) is 0 Å². The van der Waals surface area contributed by atoms with Crippen molar-refractivity contribution < 1.29 is 4.79 Å². The molecule has 2 amide bonds. The molecule has 3 aromatic rings. The highest BCUT2D eigenvalue weighted by Gasteiger charge is 2.19. The number of hydrogen-bond donors (Lipinski definition) is 1. The van der Waals surface area contributed by atoms with Crippen LogP contribution in [0.2, 0.25) is 0 Å². The third-order valence-corrected chi connectivity index (χ3v) is 4.58. The normalized spacial score (nSPS) is 10.7. The summed E-state index contributed by atoms with van der Waals surface area (Å²) in [7, 11) is 0. The first-order valence-corrected chi connectivity index (χ1v) is 8.58. The number of rotatable bonds is 5. The number of nitrogens with zero attached hydrogens (tertiary/aromatic N) is 2. The molecule has 0 spiro atoms. The summed E-state index contributed by atoms with van der Waals surface area (Å²) in [5.74, 6) is 0. The van der Waals surface area contributed by atoms with Gasteiger partial charge in [0.2, 0.25) is 0 Å². The van der Waals surface area contributed by atoms with Gasteiger partial charge in [-0.05, 0) is 30.7 Å². The monoisotopic (exact) mass is 325 g/mol. The van der Waals surface area contributed by atoms with Gasteiger partial charge in [-0.1, -0.05) is 55.0 Å². The molecular formula is C18H19N3OS. The van der Waals surface area contributed by atoms with E-state index in [2.05, 4.69) is 17.2 Å². The van der Waals surface area contributed by atoms with E-state index in [9.17, 15) is 4.79 Å². The Morgan fingerprint density at radius 2 is 1.87 bits per heavy atom. The predicted molar refractivity (Wildman–Crippen MR) is 97.3 cm³/mol. The number of aromatic nitrogens is 1. The molecule has 0 saturated carbocycles. The lowest BCUT2D eigenvalue weighted by Gasteiger charge is -2.20. The number of carbonyl (C=O) groups excluding carboxylic acids is 1. The van der Waals surface area contributed by atoms with Gasteiger partial charge >= 0.3 is 6.03 Å². The molecule has 1 N–H and O–H groups in total. The Balaban J connectivity index is 1.85. The van der Waals surface area contributed by atoms with Crippen LogP contribution < -0.4 is 10.2 Å². The molecule has 0 unspecified atom stereocenters. The molecule has 5 heteroatoms. The average molecular weight is 325 g/mol. The minimum absolute atomic E-state index is 0.135. The van der Waals surface area contributed by atoms with E-state index in [0.29, 0.717) is 6.54 Å². The zero-order chi connectivity index (χ0) is 16.1. The number of carbonyl (C=O) groups is 1. The maximum absolute atomic E-state index is 12.7. The van der Waals surface area contributed by atoms with Crippen molar-refractivity contribution in [2.24, 2.45) is 0 Å². The molecule has 0 fully saturated rings. The van der Waals surface area contributed by atoms with Gasteiger partial charge in [-0.3, -0.25) is 4.90 Å². The highest BCUT2D eigenvalue weighted by atomic mass is 32.1. The topological polar surface area (TPSA) is 45.2 Å². The zero-order valence-electron chi connectivity index (χ0n) is 13.0. The summed E-state index contributed by atoms with van der Waals surface area (Å²) >= 11 is 1.55. The van der Waals surface area contributed by atoms with E-state index in [-0.39, 0.29) is 6.03 Å². The molecule has 0 radical (unpaired) electrons. The molecule has 2 aromatic carbocycles. The van der Waals surface area contributed by atoms with Crippen LogP contribution in [0.4, 0.5) is 15.6 Å². The number of fused-ring (bicyclic) bond motifs is 1. The molecule has 0 saturated heterocycles. The summed E-state index contributed by atoms with van der Waals surface area (Å²) in [5.41, 5.74) is 1.72. The molecule has 0 aliphatic carbocycles. The second-order valence-corrected chi connectivity index (χ2v) is 6.27. The van der Waals surface area contributed by atoms with Crippen LogP contribution >= 0.6 is 11.3 Å². The smallest absolute Gasteiger partial charge is 0.307 e. The maximum atomic E-state index is 12.7. The largest absolute Gasteiger partial charge is 0.328 e. The van der Waals surface area contributed by atoms with E-state index >= 15 is 0 Å². The fourth-order valence-electron chi connectivity index (χ4n) is 2.29. The highest BCUT2D eigenvalue weighted by molar-refractivity contribution is 7.22. The van der Waals surface area contributed by atoms with E-state index in [1.165, 1.54) is 0 Å². The van der Waals surface area contributed by atoms with Gasteiger partial charge in [0, 0.05) is 12.2 Å². The van der Waals surface area contributed by atoms with E-state index < -0.39 is 0 Å². The standard InChI is InChI=1S/C18H19N3OS/c1-2-3-13-21(17(22)19-14-9-5-4-6-10-14)18-20-15-11-7-8-12-16(15)23-18/h4-12H,2-3,13H2,1H3,(H,19,22).